The van der Waals surface area contributed by atoms with Gasteiger partial charge in [-0.3, -0.25) is 9.69 Å². The Bertz CT molecular complexity index is 565. The van der Waals surface area contributed by atoms with Gasteiger partial charge in [-0.2, -0.15) is 5.26 Å². The van der Waals surface area contributed by atoms with Crippen molar-refractivity contribution in [3.05, 3.63) is 29.8 Å². The number of carbonyl (C=O) groups is 1. The zero-order valence-corrected chi connectivity index (χ0v) is 13.5. The van der Waals surface area contributed by atoms with Gasteiger partial charge in [-0.05, 0) is 45.5 Å². The number of rotatable bonds is 6. The van der Waals surface area contributed by atoms with Crippen LogP contribution in [-0.4, -0.2) is 54.5 Å². The van der Waals surface area contributed by atoms with E-state index in [1.54, 1.807) is 18.2 Å². The number of nitrogens with zero attached hydrogens (tertiary/aromatic N) is 3. The fourth-order valence-electron chi connectivity index (χ4n) is 2.73. The predicted molar refractivity (Wildman–Crippen MR) is 84.5 cm³/mol. The van der Waals surface area contributed by atoms with E-state index in [-0.39, 0.29) is 18.0 Å². The second-order valence-corrected chi connectivity index (χ2v) is 5.90. The van der Waals surface area contributed by atoms with Crippen molar-refractivity contribution in [1.29, 1.82) is 5.26 Å². The van der Waals surface area contributed by atoms with Crippen LogP contribution >= 0.6 is 0 Å². The normalized spacial score (nSPS) is 18.1. The Morgan fingerprint density at radius 3 is 2.91 bits per heavy atom. The Balaban J connectivity index is 1.82. The topological polar surface area (TPSA) is 56.6 Å². The molecule has 118 valence electrons. The summed E-state index contributed by atoms with van der Waals surface area (Å²) in [6.07, 6.45) is 0.872. The second kappa shape index (κ2) is 7.28. The lowest BCUT2D eigenvalue weighted by Gasteiger charge is -2.25. The van der Waals surface area contributed by atoms with Crippen LogP contribution < -0.4 is 4.74 Å². The van der Waals surface area contributed by atoms with E-state index >= 15 is 0 Å². The van der Waals surface area contributed by atoms with Crippen molar-refractivity contribution in [2.24, 2.45) is 0 Å². The minimum atomic E-state index is -0.0450. The van der Waals surface area contributed by atoms with Crippen molar-refractivity contribution in [1.82, 2.24) is 9.80 Å². The van der Waals surface area contributed by atoms with Gasteiger partial charge in [0.05, 0.1) is 17.7 Å². The standard InChI is InChI=1S/C17H23N3O2/c1-13(2)20-8-7-16(17(20)21)19(3)9-10-22-15-6-4-5-14(11-15)12-18/h4-6,11,13,16H,7-10H2,1-3H3/t16-/m0/s1. The van der Waals surface area contributed by atoms with Gasteiger partial charge >= 0.3 is 0 Å². The number of amides is 1. The maximum absolute atomic E-state index is 12.3. The lowest BCUT2D eigenvalue weighted by molar-refractivity contribution is -0.133. The highest BCUT2D eigenvalue weighted by Crippen LogP contribution is 2.18. The maximum Gasteiger partial charge on any atom is 0.240 e. The summed E-state index contributed by atoms with van der Waals surface area (Å²) >= 11 is 0. The van der Waals surface area contributed by atoms with Gasteiger partial charge in [-0.15, -0.1) is 0 Å². The monoisotopic (exact) mass is 301 g/mol. The molecule has 1 amide bonds. The van der Waals surface area contributed by atoms with Crippen molar-refractivity contribution in [2.75, 3.05) is 26.7 Å². The van der Waals surface area contributed by atoms with Crippen LogP contribution in [0.25, 0.3) is 0 Å². The van der Waals surface area contributed by atoms with Gasteiger partial charge in [0.2, 0.25) is 5.91 Å². The van der Waals surface area contributed by atoms with Crippen molar-refractivity contribution < 1.29 is 9.53 Å². The highest BCUT2D eigenvalue weighted by atomic mass is 16.5. The molecule has 0 radical (unpaired) electrons. The molecule has 2 rings (SSSR count). The molecule has 0 aliphatic carbocycles. The predicted octanol–water partition coefficient (Wildman–Crippen LogP) is 1.88. The molecular formula is C17H23N3O2. The van der Waals surface area contributed by atoms with Crippen LogP contribution in [0.3, 0.4) is 0 Å². The van der Waals surface area contributed by atoms with Crippen LogP contribution in [0.15, 0.2) is 24.3 Å². The minimum Gasteiger partial charge on any atom is -0.492 e. The lowest BCUT2D eigenvalue weighted by atomic mass is 10.2. The Morgan fingerprint density at radius 1 is 1.50 bits per heavy atom. The molecule has 0 N–H and O–H groups in total. The fraction of sp³-hybridized carbons (Fsp3) is 0.529. The number of nitriles is 1. The summed E-state index contributed by atoms with van der Waals surface area (Å²) in [7, 11) is 1.96. The Morgan fingerprint density at radius 2 is 2.27 bits per heavy atom. The Kier molecular flexibility index (Phi) is 5.40. The molecule has 1 aromatic rings. The van der Waals surface area contributed by atoms with Crippen LogP contribution in [0.1, 0.15) is 25.8 Å². The summed E-state index contributed by atoms with van der Waals surface area (Å²) in [5.74, 6) is 0.901. The molecule has 0 spiro atoms. The average molecular weight is 301 g/mol. The molecule has 1 aliphatic rings. The third-order valence-electron chi connectivity index (χ3n) is 4.04. The summed E-state index contributed by atoms with van der Waals surface area (Å²) in [5, 5.41) is 8.86. The average Bonchev–Trinajstić information content (AvgIpc) is 2.89. The van der Waals surface area contributed by atoms with Crippen LogP contribution in [0, 0.1) is 11.3 Å². The summed E-state index contributed by atoms with van der Waals surface area (Å²) in [5.41, 5.74) is 0.587. The highest BCUT2D eigenvalue weighted by molar-refractivity contribution is 5.84. The molecule has 22 heavy (non-hydrogen) atoms. The van der Waals surface area contributed by atoms with E-state index < -0.39 is 0 Å². The van der Waals surface area contributed by atoms with Crippen molar-refractivity contribution in [3.8, 4) is 11.8 Å². The summed E-state index contributed by atoms with van der Waals surface area (Å²) in [6.45, 7) is 6.10. The summed E-state index contributed by atoms with van der Waals surface area (Å²) in [6, 6.07) is 9.42. The highest BCUT2D eigenvalue weighted by Gasteiger charge is 2.35. The third kappa shape index (κ3) is 3.77. The number of hydrogen-bond donors (Lipinski definition) is 0. The SMILES string of the molecule is CC(C)N1CC[C@H](N(C)CCOc2cccc(C#N)c2)C1=O. The molecule has 0 unspecified atom stereocenters. The van der Waals surface area contributed by atoms with Crippen LogP contribution in [0.2, 0.25) is 0 Å². The summed E-state index contributed by atoms with van der Waals surface area (Å²) < 4.78 is 5.67. The first-order valence-corrected chi connectivity index (χ1v) is 7.66. The molecule has 1 fully saturated rings. The second-order valence-electron chi connectivity index (χ2n) is 5.90. The van der Waals surface area contributed by atoms with E-state index in [0.717, 1.165) is 13.0 Å². The molecule has 1 heterocycles. The molecule has 0 bridgehead atoms. The summed E-state index contributed by atoms with van der Waals surface area (Å²) in [4.78, 5) is 16.3. The lowest BCUT2D eigenvalue weighted by Crippen LogP contribution is -2.43. The molecule has 1 atom stereocenters. The van der Waals surface area contributed by atoms with Crippen molar-refractivity contribution >= 4 is 5.91 Å². The van der Waals surface area contributed by atoms with Crippen molar-refractivity contribution in [2.45, 2.75) is 32.4 Å². The maximum atomic E-state index is 12.3. The zero-order valence-electron chi connectivity index (χ0n) is 13.5. The Hall–Kier alpha value is -2.06. The molecule has 0 saturated carbocycles. The molecule has 5 heteroatoms. The van der Waals surface area contributed by atoms with Gasteiger partial charge in [-0.25, -0.2) is 0 Å². The molecule has 1 aliphatic heterocycles. The van der Waals surface area contributed by atoms with Crippen molar-refractivity contribution in [3.63, 3.8) is 0 Å². The van der Waals surface area contributed by atoms with E-state index in [4.69, 9.17) is 10.00 Å². The van der Waals surface area contributed by atoms with Crippen LogP contribution in [-0.2, 0) is 4.79 Å². The zero-order chi connectivity index (χ0) is 16.1. The van der Waals surface area contributed by atoms with Gasteiger partial charge in [0.1, 0.15) is 12.4 Å². The molecule has 1 saturated heterocycles. The first kappa shape index (κ1) is 16.3. The van der Waals surface area contributed by atoms with E-state index in [1.165, 1.54) is 0 Å². The van der Waals surface area contributed by atoms with Gasteiger partial charge < -0.3 is 9.64 Å². The number of likely N-dealkylation sites (tertiary alicyclic amines) is 1. The Labute approximate surface area is 132 Å². The number of hydrogen-bond acceptors (Lipinski definition) is 4. The van der Waals surface area contributed by atoms with E-state index in [9.17, 15) is 4.79 Å². The molecular weight excluding hydrogens is 278 g/mol. The van der Waals surface area contributed by atoms with Crippen LogP contribution in [0.4, 0.5) is 0 Å². The molecule has 1 aromatic carbocycles. The van der Waals surface area contributed by atoms with E-state index in [0.29, 0.717) is 24.5 Å². The number of carbonyl (C=O) groups excluding carboxylic acids is 1. The minimum absolute atomic E-state index is 0.0450. The van der Waals surface area contributed by atoms with Gasteiger partial charge in [-0.1, -0.05) is 6.07 Å². The number of benzene rings is 1. The number of ether oxygens (including phenoxy) is 1. The van der Waals surface area contributed by atoms with E-state index in [2.05, 4.69) is 11.0 Å². The molecule has 0 aromatic heterocycles. The van der Waals surface area contributed by atoms with Crippen LogP contribution in [0.5, 0.6) is 5.75 Å². The van der Waals surface area contributed by atoms with Gasteiger partial charge in [0.15, 0.2) is 0 Å². The smallest absolute Gasteiger partial charge is 0.240 e. The quantitative estimate of drug-likeness (QED) is 0.805. The first-order valence-electron chi connectivity index (χ1n) is 7.66. The van der Waals surface area contributed by atoms with Gasteiger partial charge in [0.25, 0.3) is 0 Å². The fourth-order valence-corrected chi connectivity index (χ4v) is 2.73. The third-order valence-corrected chi connectivity index (χ3v) is 4.04. The number of likely N-dealkylation sites (N-methyl/N-ethyl adjacent to an activating group) is 1. The molecule has 5 nitrogen and oxygen atoms in total. The largest absolute Gasteiger partial charge is 0.492 e. The first-order chi connectivity index (χ1) is 10.5. The van der Waals surface area contributed by atoms with Gasteiger partial charge in [0, 0.05) is 19.1 Å². The van der Waals surface area contributed by atoms with E-state index in [1.807, 2.05) is 31.9 Å².